The van der Waals surface area contributed by atoms with E-state index in [4.69, 9.17) is 4.74 Å². The van der Waals surface area contributed by atoms with Gasteiger partial charge in [0, 0.05) is 13.1 Å². The highest BCUT2D eigenvalue weighted by atomic mass is 16.5. The van der Waals surface area contributed by atoms with Crippen molar-refractivity contribution >= 4 is 11.9 Å². The van der Waals surface area contributed by atoms with Gasteiger partial charge >= 0.3 is 5.97 Å². The summed E-state index contributed by atoms with van der Waals surface area (Å²) in [6.45, 7) is 4.24. The van der Waals surface area contributed by atoms with Crippen LogP contribution in [0.1, 0.15) is 39.0 Å². The highest BCUT2D eigenvalue weighted by molar-refractivity contribution is 5.86. The maximum absolute atomic E-state index is 12.6. The van der Waals surface area contributed by atoms with Crippen LogP contribution in [0, 0.1) is 5.92 Å². The maximum Gasteiger partial charge on any atom is 0.308 e. The number of piperidine rings is 2. The van der Waals surface area contributed by atoms with E-state index in [0.29, 0.717) is 25.9 Å². The van der Waals surface area contributed by atoms with Crippen LogP contribution in [0.4, 0.5) is 0 Å². The molecule has 0 aromatic heterocycles. The number of likely N-dealkylation sites (tertiary alicyclic amines) is 1. The van der Waals surface area contributed by atoms with Crippen molar-refractivity contribution in [1.29, 1.82) is 0 Å². The first kappa shape index (κ1) is 14.3. The normalized spacial score (nSPS) is 29.1. The second kappa shape index (κ2) is 5.90. The van der Waals surface area contributed by atoms with E-state index >= 15 is 0 Å². The summed E-state index contributed by atoms with van der Waals surface area (Å²) >= 11 is 0. The van der Waals surface area contributed by atoms with Crippen LogP contribution in [0.25, 0.3) is 0 Å². The molecule has 2 saturated heterocycles. The van der Waals surface area contributed by atoms with Crippen LogP contribution in [0.5, 0.6) is 0 Å². The van der Waals surface area contributed by atoms with Crippen LogP contribution in [0.15, 0.2) is 0 Å². The van der Waals surface area contributed by atoms with Crippen LogP contribution >= 0.6 is 0 Å². The van der Waals surface area contributed by atoms with Gasteiger partial charge in [0.1, 0.15) is 0 Å². The summed E-state index contributed by atoms with van der Waals surface area (Å²) < 4.78 is 4.77. The van der Waals surface area contributed by atoms with E-state index in [0.717, 1.165) is 25.8 Å². The number of carbonyl (C=O) groups excluding carboxylic acids is 2. The van der Waals surface area contributed by atoms with E-state index in [2.05, 4.69) is 5.32 Å². The van der Waals surface area contributed by atoms with Gasteiger partial charge in [-0.2, -0.15) is 0 Å². The lowest BCUT2D eigenvalue weighted by molar-refractivity contribution is -0.150. The van der Waals surface area contributed by atoms with Gasteiger partial charge in [-0.1, -0.05) is 0 Å². The average Bonchev–Trinajstić information content (AvgIpc) is 2.46. The molecule has 1 atom stereocenters. The van der Waals surface area contributed by atoms with Crippen LogP contribution < -0.4 is 5.32 Å². The van der Waals surface area contributed by atoms with Crippen molar-refractivity contribution in [2.24, 2.45) is 5.92 Å². The van der Waals surface area contributed by atoms with Crippen LogP contribution in [-0.2, 0) is 14.3 Å². The molecule has 0 radical (unpaired) electrons. The summed E-state index contributed by atoms with van der Waals surface area (Å²) in [7, 11) is 1.42. The first-order valence-electron chi connectivity index (χ1n) is 7.19. The number of carbonyl (C=O) groups is 2. The van der Waals surface area contributed by atoms with E-state index in [1.807, 2.05) is 11.8 Å². The third-order valence-corrected chi connectivity index (χ3v) is 4.41. The molecule has 2 rings (SSSR count). The molecule has 0 aromatic carbocycles. The molecule has 5 heteroatoms. The molecule has 2 fully saturated rings. The average molecular weight is 268 g/mol. The lowest BCUT2D eigenvalue weighted by atomic mass is 9.88. The fourth-order valence-electron chi connectivity index (χ4n) is 3.07. The number of amides is 1. The smallest absolute Gasteiger partial charge is 0.308 e. The number of methoxy groups -OCH3 is 1. The highest BCUT2D eigenvalue weighted by Crippen LogP contribution is 2.25. The standard InChI is InChI=1S/C14H24N2O3/c1-14(7-3-4-8-15-14)13(18)16-9-5-11(6-10-16)12(17)19-2/h11,15H,3-10H2,1-2H3. The molecule has 0 aromatic rings. The number of rotatable bonds is 2. The molecule has 2 aliphatic rings. The van der Waals surface area contributed by atoms with Gasteiger partial charge in [-0.15, -0.1) is 0 Å². The van der Waals surface area contributed by atoms with Gasteiger partial charge in [0.2, 0.25) is 5.91 Å². The summed E-state index contributed by atoms with van der Waals surface area (Å²) in [6.07, 6.45) is 4.59. The molecule has 19 heavy (non-hydrogen) atoms. The Bertz CT molecular complexity index is 343. The van der Waals surface area contributed by atoms with E-state index in [9.17, 15) is 9.59 Å². The SMILES string of the molecule is COC(=O)C1CCN(C(=O)C2(C)CCCCN2)CC1. The lowest BCUT2D eigenvalue weighted by Gasteiger charge is -2.40. The molecule has 1 unspecified atom stereocenters. The summed E-state index contributed by atoms with van der Waals surface area (Å²) in [6, 6.07) is 0. The molecule has 5 nitrogen and oxygen atoms in total. The Labute approximate surface area is 114 Å². The molecule has 0 saturated carbocycles. The largest absolute Gasteiger partial charge is 0.469 e. The third-order valence-electron chi connectivity index (χ3n) is 4.41. The predicted octanol–water partition coefficient (Wildman–Crippen LogP) is 0.930. The second-order valence-corrected chi connectivity index (χ2v) is 5.81. The third kappa shape index (κ3) is 3.08. The van der Waals surface area contributed by atoms with Crippen LogP contribution in [-0.4, -0.2) is 49.1 Å². The highest BCUT2D eigenvalue weighted by Gasteiger charge is 2.39. The van der Waals surface area contributed by atoms with Gasteiger partial charge < -0.3 is 15.0 Å². The molecule has 0 aliphatic carbocycles. The minimum atomic E-state index is -0.406. The van der Waals surface area contributed by atoms with Crippen molar-refractivity contribution in [3.8, 4) is 0 Å². The molecule has 1 N–H and O–H groups in total. The molecule has 2 heterocycles. The van der Waals surface area contributed by atoms with E-state index < -0.39 is 5.54 Å². The van der Waals surface area contributed by atoms with Gasteiger partial charge in [-0.3, -0.25) is 9.59 Å². The van der Waals surface area contributed by atoms with E-state index in [-0.39, 0.29) is 17.8 Å². The monoisotopic (exact) mass is 268 g/mol. The summed E-state index contributed by atoms with van der Waals surface area (Å²) in [5.74, 6) is 0.00536. The van der Waals surface area contributed by atoms with Crippen molar-refractivity contribution in [3.63, 3.8) is 0 Å². The summed E-state index contributed by atoms with van der Waals surface area (Å²) in [4.78, 5) is 25.9. The Balaban J connectivity index is 1.90. The van der Waals surface area contributed by atoms with Crippen molar-refractivity contribution in [2.45, 2.75) is 44.6 Å². The number of hydrogen-bond donors (Lipinski definition) is 1. The first-order valence-corrected chi connectivity index (χ1v) is 7.19. The zero-order chi connectivity index (χ0) is 13.9. The summed E-state index contributed by atoms with van der Waals surface area (Å²) in [5.41, 5.74) is -0.406. The van der Waals surface area contributed by atoms with E-state index in [1.165, 1.54) is 7.11 Å². The molecule has 0 bridgehead atoms. The van der Waals surface area contributed by atoms with Gasteiger partial charge in [0.15, 0.2) is 0 Å². The van der Waals surface area contributed by atoms with Crippen LogP contribution in [0.2, 0.25) is 0 Å². The van der Waals surface area contributed by atoms with Crippen molar-refractivity contribution in [3.05, 3.63) is 0 Å². The zero-order valence-corrected chi connectivity index (χ0v) is 11.9. The Morgan fingerprint density at radius 3 is 2.47 bits per heavy atom. The lowest BCUT2D eigenvalue weighted by Crippen LogP contribution is -2.59. The minimum Gasteiger partial charge on any atom is -0.469 e. The van der Waals surface area contributed by atoms with E-state index in [1.54, 1.807) is 0 Å². The summed E-state index contributed by atoms with van der Waals surface area (Å²) in [5, 5.41) is 3.35. The van der Waals surface area contributed by atoms with Gasteiger partial charge in [0.05, 0.1) is 18.6 Å². The van der Waals surface area contributed by atoms with Gasteiger partial charge in [-0.25, -0.2) is 0 Å². The molecule has 108 valence electrons. The Hall–Kier alpha value is -1.10. The second-order valence-electron chi connectivity index (χ2n) is 5.81. The molecule has 1 amide bonds. The Kier molecular flexibility index (Phi) is 4.45. The quantitative estimate of drug-likeness (QED) is 0.757. The maximum atomic E-state index is 12.6. The minimum absolute atomic E-state index is 0.0406. The molecule has 0 spiro atoms. The van der Waals surface area contributed by atoms with Gasteiger partial charge in [-0.05, 0) is 45.6 Å². The molecular weight excluding hydrogens is 244 g/mol. The zero-order valence-electron chi connectivity index (χ0n) is 11.9. The number of hydrogen-bond acceptors (Lipinski definition) is 4. The fourth-order valence-corrected chi connectivity index (χ4v) is 3.07. The number of nitrogens with one attached hydrogen (secondary N) is 1. The first-order chi connectivity index (χ1) is 9.07. The number of ether oxygens (including phenoxy) is 1. The fraction of sp³-hybridized carbons (Fsp3) is 0.857. The topological polar surface area (TPSA) is 58.6 Å². The van der Waals surface area contributed by atoms with Crippen LogP contribution in [0.3, 0.4) is 0 Å². The Morgan fingerprint density at radius 2 is 1.95 bits per heavy atom. The molecular formula is C14H24N2O3. The molecule has 2 aliphatic heterocycles. The predicted molar refractivity (Wildman–Crippen MR) is 71.6 cm³/mol. The number of nitrogens with zero attached hydrogens (tertiary/aromatic N) is 1. The van der Waals surface area contributed by atoms with Crippen molar-refractivity contribution in [1.82, 2.24) is 10.2 Å². The number of esters is 1. The van der Waals surface area contributed by atoms with Crippen molar-refractivity contribution in [2.75, 3.05) is 26.7 Å². The van der Waals surface area contributed by atoms with Gasteiger partial charge in [0.25, 0.3) is 0 Å². The van der Waals surface area contributed by atoms with Crippen molar-refractivity contribution < 1.29 is 14.3 Å². The Morgan fingerprint density at radius 1 is 1.26 bits per heavy atom.